The fraction of sp³-hybridized carbons (Fsp3) is 0.700. The number of hydrogen-bond donors (Lipinski definition) is 3. The summed E-state index contributed by atoms with van der Waals surface area (Å²) in [6.07, 6.45) is 7.95. The zero-order chi connectivity index (χ0) is 21.9. The molecule has 1 amide bonds. The van der Waals surface area contributed by atoms with Crippen LogP contribution in [0.1, 0.15) is 62.7 Å². The van der Waals surface area contributed by atoms with Crippen molar-refractivity contribution in [2.75, 3.05) is 18.5 Å². The first-order valence-corrected chi connectivity index (χ1v) is 10.4. The van der Waals surface area contributed by atoms with E-state index in [0.717, 1.165) is 38.5 Å². The van der Waals surface area contributed by atoms with Gasteiger partial charge in [0.15, 0.2) is 5.82 Å². The Morgan fingerprint density at radius 1 is 1.40 bits per heavy atom. The minimum Gasteiger partial charge on any atom is -0.393 e. The number of carbonyl (C=O) groups excluding carboxylic acids is 1. The van der Waals surface area contributed by atoms with E-state index in [1.165, 1.54) is 6.20 Å². The van der Waals surface area contributed by atoms with Crippen LogP contribution in [0.5, 0.6) is 0 Å². The highest BCUT2D eigenvalue weighted by Gasteiger charge is 2.20. The lowest BCUT2D eigenvalue weighted by Gasteiger charge is -2.22. The molecule has 1 aliphatic carbocycles. The molecule has 1 aromatic heterocycles. The lowest BCUT2D eigenvalue weighted by atomic mass is 9.88. The minimum absolute atomic E-state index is 0.159. The summed E-state index contributed by atoms with van der Waals surface area (Å²) in [5.41, 5.74) is 0.159. The molecule has 168 valence electrons. The van der Waals surface area contributed by atoms with Crippen LogP contribution >= 0.6 is 0 Å². The van der Waals surface area contributed by atoms with Gasteiger partial charge in [0, 0.05) is 25.0 Å². The Hall–Kier alpha value is -2.20. The van der Waals surface area contributed by atoms with Crippen molar-refractivity contribution in [1.82, 2.24) is 15.3 Å². The number of unbranched alkanes of at least 4 members (excludes halogenated alkanes) is 1. The predicted molar refractivity (Wildman–Crippen MR) is 110 cm³/mol. The second-order valence-electron chi connectivity index (χ2n) is 7.53. The number of aromatic nitrogens is 2. The van der Waals surface area contributed by atoms with Crippen LogP contribution in [0, 0.1) is 5.92 Å². The quantitative estimate of drug-likeness (QED) is 0.369. The maximum absolute atomic E-state index is 12.6. The number of halogens is 2. The normalized spacial score (nSPS) is 20.5. The molecule has 1 heterocycles. The molecule has 3 N–H and O–H groups in total. The molecule has 0 bridgehead atoms. The van der Waals surface area contributed by atoms with Crippen LogP contribution in [0.15, 0.2) is 11.2 Å². The highest BCUT2D eigenvalue weighted by Crippen LogP contribution is 2.24. The lowest BCUT2D eigenvalue weighted by molar-refractivity contribution is -0.132. The molecule has 1 atom stereocenters. The van der Waals surface area contributed by atoms with Gasteiger partial charge in [-0.1, -0.05) is 13.3 Å². The average molecular weight is 427 g/mol. The Morgan fingerprint density at radius 3 is 2.80 bits per heavy atom. The number of nitrogens with zero attached hydrogens (tertiary/aromatic N) is 3. The molecule has 0 spiro atoms. The summed E-state index contributed by atoms with van der Waals surface area (Å²) < 4.78 is 28.6. The molecular weight excluding hydrogens is 396 g/mol. The van der Waals surface area contributed by atoms with Gasteiger partial charge in [0.2, 0.25) is 5.95 Å². The van der Waals surface area contributed by atoms with E-state index < -0.39 is 18.6 Å². The second kappa shape index (κ2) is 12.5. The average Bonchev–Trinajstić information content (AvgIpc) is 2.72. The van der Waals surface area contributed by atoms with Gasteiger partial charge in [0.1, 0.15) is 5.56 Å². The van der Waals surface area contributed by atoms with E-state index in [2.05, 4.69) is 37.3 Å². The Morgan fingerprint density at radius 2 is 2.13 bits per heavy atom. The molecule has 1 aromatic rings. The molecule has 0 aromatic carbocycles. The van der Waals surface area contributed by atoms with E-state index in [4.69, 9.17) is 0 Å². The van der Waals surface area contributed by atoms with Crippen molar-refractivity contribution in [2.45, 2.75) is 71.1 Å². The third-order valence-corrected chi connectivity index (χ3v) is 4.83. The second-order valence-corrected chi connectivity index (χ2v) is 7.53. The first-order chi connectivity index (χ1) is 14.4. The summed E-state index contributed by atoms with van der Waals surface area (Å²) in [6, 6.07) is -0.620. The van der Waals surface area contributed by atoms with Gasteiger partial charge in [-0.3, -0.25) is 4.79 Å². The number of hydrogen-bond acceptors (Lipinski definition) is 7. The predicted octanol–water partition coefficient (Wildman–Crippen LogP) is 3.30. The molecule has 1 fully saturated rings. The van der Waals surface area contributed by atoms with Crippen LogP contribution in [0.2, 0.25) is 0 Å². The van der Waals surface area contributed by atoms with Crippen molar-refractivity contribution in [2.24, 2.45) is 10.9 Å². The first kappa shape index (κ1) is 24.1. The molecule has 1 saturated carbocycles. The van der Waals surface area contributed by atoms with Gasteiger partial charge in [-0.05, 0) is 44.9 Å². The highest BCUT2D eigenvalue weighted by molar-refractivity contribution is 5.98. The van der Waals surface area contributed by atoms with Crippen LogP contribution in [-0.2, 0) is 4.74 Å². The molecular formula is C20H31F2N5O3. The summed E-state index contributed by atoms with van der Waals surface area (Å²) in [7, 11) is 0. The topological polar surface area (TPSA) is 109 Å². The third-order valence-electron chi connectivity index (χ3n) is 4.83. The van der Waals surface area contributed by atoms with Gasteiger partial charge in [0.05, 0.1) is 12.7 Å². The smallest absolute Gasteiger partial charge is 0.345 e. The van der Waals surface area contributed by atoms with E-state index >= 15 is 0 Å². The van der Waals surface area contributed by atoms with E-state index in [0.29, 0.717) is 12.5 Å². The number of aliphatic hydroxyl groups is 1. The standard InChI is InChI=1S/C20H31F2N5O3/c1-3-4-9-23-20-25-11-16(18(29)26-13(2)12-30-19(21)22)17(27-20)24-10-14-5-7-15(28)8-6-14/h10-11,13-15,19,28H,3-9,12H2,1-2H3,(H,26,29)(H,23,25,27)/t13-,14?,15?/m0/s1. The number of rotatable bonds is 11. The van der Waals surface area contributed by atoms with Gasteiger partial charge in [-0.25, -0.2) is 9.98 Å². The monoisotopic (exact) mass is 427 g/mol. The summed E-state index contributed by atoms with van der Waals surface area (Å²) in [5.74, 6) is 0.288. The van der Waals surface area contributed by atoms with E-state index in [1.54, 1.807) is 13.1 Å². The number of aliphatic hydroxyl groups excluding tert-OH is 1. The van der Waals surface area contributed by atoms with Crippen molar-refractivity contribution in [1.29, 1.82) is 0 Å². The number of carbonyl (C=O) groups is 1. The minimum atomic E-state index is -2.89. The maximum atomic E-state index is 12.6. The Labute approximate surface area is 175 Å². The third kappa shape index (κ3) is 8.27. The van der Waals surface area contributed by atoms with Gasteiger partial charge < -0.3 is 20.5 Å². The van der Waals surface area contributed by atoms with Crippen LogP contribution in [0.4, 0.5) is 20.5 Å². The van der Waals surface area contributed by atoms with E-state index in [9.17, 15) is 18.7 Å². The number of nitrogens with one attached hydrogen (secondary N) is 2. The molecule has 8 nitrogen and oxygen atoms in total. The van der Waals surface area contributed by atoms with Crippen molar-refractivity contribution in [3.05, 3.63) is 11.8 Å². The molecule has 0 unspecified atom stereocenters. The maximum Gasteiger partial charge on any atom is 0.345 e. The zero-order valence-corrected chi connectivity index (χ0v) is 17.5. The SMILES string of the molecule is CCCCNc1ncc(C(=O)N[C@@H](C)COC(F)F)c(N=CC2CCC(O)CC2)n1. The van der Waals surface area contributed by atoms with E-state index in [1.807, 2.05) is 0 Å². The van der Waals surface area contributed by atoms with Crippen LogP contribution < -0.4 is 10.6 Å². The zero-order valence-electron chi connectivity index (χ0n) is 17.5. The van der Waals surface area contributed by atoms with Gasteiger partial charge >= 0.3 is 6.61 Å². The molecule has 2 rings (SSSR count). The van der Waals surface area contributed by atoms with Crippen molar-refractivity contribution >= 4 is 23.9 Å². The number of ether oxygens (including phenoxy) is 1. The van der Waals surface area contributed by atoms with Crippen LogP contribution in [0.3, 0.4) is 0 Å². The molecule has 1 aliphatic rings. The number of alkyl halides is 2. The van der Waals surface area contributed by atoms with Gasteiger partial charge in [-0.15, -0.1) is 0 Å². The van der Waals surface area contributed by atoms with Crippen molar-refractivity contribution < 1.29 is 23.4 Å². The number of anilines is 1. The largest absolute Gasteiger partial charge is 0.393 e. The van der Waals surface area contributed by atoms with Gasteiger partial charge in [0.25, 0.3) is 5.91 Å². The van der Waals surface area contributed by atoms with Crippen molar-refractivity contribution in [3.8, 4) is 0 Å². The molecule has 0 aliphatic heterocycles. The fourth-order valence-electron chi connectivity index (χ4n) is 3.08. The van der Waals surface area contributed by atoms with Gasteiger partial charge in [-0.2, -0.15) is 13.8 Å². The van der Waals surface area contributed by atoms with E-state index in [-0.39, 0.29) is 30.0 Å². The summed E-state index contributed by atoms with van der Waals surface area (Å²) in [4.78, 5) is 25.6. The van der Waals surface area contributed by atoms with Crippen LogP contribution in [-0.4, -0.2) is 59.1 Å². The lowest BCUT2D eigenvalue weighted by Crippen LogP contribution is -2.36. The Kier molecular flexibility index (Phi) is 10.0. The Balaban J connectivity index is 2.12. The molecule has 0 radical (unpaired) electrons. The molecule has 0 saturated heterocycles. The summed E-state index contributed by atoms with van der Waals surface area (Å²) in [6.45, 7) is 1.14. The number of aliphatic imine (C=N–C) groups is 1. The summed E-state index contributed by atoms with van der Waals surface area (Å²) >= 11 is 0. The molecule has 30 heavy (non-hydrogen) atoms. The highest BCUT2D eigenvalue weighted by atomic mass is 19.3. The Bertz CT molecular complexity index is 697. The van der Waals surface area contributed by atoms with Crippen molar-refractivity contribution in [3.63, 3.8) is 0 Å². The first-order valence-electron chi connectivity index (χ1n) is 10.4. The number of amides is 1. The fourth-order valence-corrected chi connectivity index (χ4v) is 3.08. The molecule has 10 heteroatoms. The van der Waals surface area contributed by atoms with Crippen LogP contribution in [0.25, 0.3) is 0 Å². The summed E-state index contributed by atoms with van der Waals surface area (Å²) in [5, 5.41) is 15.4.